The van der Waals surface area contributed by atoms with Gasteiger partial charge in [-0.15, -0.1) is 11.3 Å². The maximum atomic E-state index is 12.2. The van der Waals surface area contributed by atoms with E-state index in [9.17, 15) is 9.59 Å². The van der Waals surface area contributed by atoms with Crippen LogP contribution in [0.2, 0.25) is 0 Å². The molecule has 0 spiro atoms. The van der Waals surface area contributed by atoms with Gasteiger partial charge >= 0.3 is 0 Å². The fraction of sp³-hybridized carbons (Fsp3) is 0.292. The lowest BCUT2D eigenvalue weighted by Crippen LogP contribution is -2.23. The summed E-state index contributed by atoms with van der Waals surface area (Å²) in [6.07, 6.45) is 0.944. The number of thiazole rings is 1. The van der Waals surface area contributed by atoms with E-state index in [4.69, 9.17) is 9.47 Å². The first-order valence-corrected chi connectivity index (χ1v) is 11.3. The van der Waals surface area contributed by atoms with Gasteiger partial charge in [-0.3, -0.25) is 14.9 Å². The average molecular weight is 454 g/mol. The Morgan fingerprint density at radius 2 is 1.69 bits per heavy atom. The van der Waals surface area contributed by atoms with Gasteiger partial charge in [0.2, 0.25) is 5.91 Å². The number of aromatic nitrogens is 1. The Balaban J connectivity index is 1.51. The summed E-state index contributed by atoms with van der Waals surface area (Å²) < 4.78 is 11.1. The van der Waals surface area contributed by atoms with Crippen LogP contribution in [0.5, 0.6) is 11.5 Å². The monoisotopic (exact) mass is 453 g/mol. The number of benzene rings is 2. The average Bonchev–Trinajstić information content (AvgIpc) is 3.25. The van der Waals surface area contributed by atoms with E-state index >= 15 is 0 Å². The molecule has 168 valence electrons. The van der Waals surface area contributed by atoms with E-state index in [0.29, 0.717) is 17.5 Å². The van der Waals surface area contributed by atoms with E-state index in [1.165, 1.54) is 18.3 Å². The molecule has 0 saturated carbocycles. The minimum Gasteiger partial charge on any atom is -0.494 e. The first-order chi connectivity index (χ1) is 15.4. The SMILES string of the molecule is CCCOc1ccc(OCC(=O)Nc2nc(-c3ccc(C(C)NC(C)=O)cc3)cs2)cc1. The zero-order valence-corrected chi connectivity index (χ0v) is 19.2. The van der Waals surface area contributed by atoms with E-state index in [2.05, 4.69) is 15.6 Å². The first-order valence-electron chi connectivity index (χ1n) is 10.4. The molecule has 7 nitrogen and oxygen atoms in total. The van der Waals surface area contributed by atoms with Crippen LogP contribution in [0.25, 0.3) is 11.3 Å². The third kappa shape index (κ3) is 6.81. The molecular weight excluding hydrogens is 426 g/mol. The van der Waals surface area contributed by atoms with E-state index in [1.54, 1.807) is 12.1 Å². The summed E-state index contributed by atoms with van der Waals surface area (Å²) in [5, 5.41) is 8.02. The Hall–Kier alpha value is -3.39. The van der Waals surface area contributed by atoms with Crippen molar-refractivity contribution in [2.24, 2.45) is 0 Å². The lowest BCUT2D eigenvalue weighted by atomic mass is 10.1. The molecule has 1 aromatic heterocycles. The van der Waals surface area contributed by atoms with Crippen molar-refractivity contribution in [2.75, 3.05) is 18.5 Å². The highest BCUT2D eigenvalue weighted by Crippen LogP contribution is 2.26. The second-order valence-corrected chi connectivity index (χ2v) is 8.10. The van der Waals surface area contributed by atoms with E-state index in [0.717, 1.165) is 29.0 Å². The van der Waals surface area contributed by atoms with Crippen molar-refractivity contribution in [3.63, 3.8) is 0 Å². The summed E-state index contributed by atoms with van der Waals surface area (Å²) in [6, 6.07) is 14.9. The molecule has 0 aliphatic heterocycles. The van der Waals surface area contributed by atoms with Crippen LogP contribution in [0.15, 0.2) is 53.9 Å². The summed E-state index contributed by atoms with van der Waals surface area (Å²) in [5.41, 5.74) is 2.71. The van der Waals surface area contributed by atoms with Gasteiger partial charge in [-0.05, 0) is 43.2 Å². The predicted octanol–water partition coefficient (Wildman–Crippen LogP) is 4.81. The van der Waals surface area contributed by atoms with Crippen LogP contribution in [0, 0.1) is 0 Å². The number of nitrogens with zero attached hydrogens (tertiary/aromatic N) is 1. The third-order valence-electron chi connectivity index (χ3n) is 4.54. The molecule has 0 saturated heterocycles. The Bertz CT molecular complexity index is 1030. The van der Waals surface area contributed by atoms with Crippen molar-refractivity contribution in [1.82, 2.24) is 10.3 Å². The van der Waals surface area contributed by atoms with Gasteiger partial charge in [0.25, 0.3) is 5.91 Å². The van der Waals surface area contributed by atoms with Crippen LogP contribution >= 0.6 is 11.3 Å². The van der Waals surface area contributed by atoms with Gasteiger partial charge in [0.1, 0.15) is 11.5 Å². The van der Waals surface area contributed by atoms with Crippen molar-refractivity contribution in [3.8, 4) is 22.8 Å². The summed E-state index contributed by atoms with van der Waals surface area (Å²) in [5.74, 6) is 1.02. The molecule has 2 amide bonds. The normalized spacial score (nSPS) is 11.5. The minimum absolute atomic E-state index is 0.0631. The molecule has 0 aliphatic carbocycles. The third-order valence-corrected chi connectivity index (χ3v) is 5.30. The number of hydrogen-bond donors (Lipinski definition) is 2. The first kappa shape index (κ1) is 23.3. The zero-order valence-electron chi connectivity index (χ0n) is 18.4. The highest BCUT2D eigenvalue weighted by Gasteiger charge is 2.11. The number of amides is 2. The van der Waals surface area contributed by atoms with Gasteiger partial charge in [0.15, 0.2) is 11.7 Å². The number of ether oxygens (including phenoxy) is 2. The minimum atomic E-state index is -0.281. The number of nitrogens with one attached hydrogen (secondary N) is 2. The maximum absolute atomic E-state index is 12.2. The molecule has 1 heterocycles. The van der Waals surface area contributed by atoms with Crippen molar-refractivity contribution >= 4 is 28.3 Å². The quantitative estimate of drug-likeness (QED) is 0.460. The molecule has 0 fully saturated rings. The molecule has 1 unspecified atom stereocenters. The predicted molar refractivity (Wildman–Crippen MR) is 126 cm³/mol. The largest absolute Gasteiger partial charge is 0.494 e. The lowest BCUT2D eigenvalue weighted by molar-refractivity contribution is -0.119. The van der Waals surface area contributed by atoms with Gasteiger partial charge in [0.05, 0.1) is 18.3 Å². The van der Waals surface area contributed by atoms with Crippen LogP contribution in [-0.4, -0.2) is 30.0 Å². The fourth-order valence-electron chi connectivity index (χ4n) is 2.95. The summed E-state index contributed by atoms with van der Waals surface area (Å²) in [4.78, 5) is 27.9. The topological polar surface area (TPSA) is 89.6 Å². The number of rotatable bonds is 10. The van der Waals surface area contributed by atoms with Crippen LogP contribution in [0.4, 0.5) is 5.13 Å². The van der Waals surface area contributed by atoms with Gasteiger partial charge in [-0.2, -0.15) is 0 Å². The number of carbonyl (C=O) groups is 2. The van der Waals surface area contributed by atoms with Gasteiger partial charge < -0.3 is 14.8 Å². The summed E-state index contributed by atoms with van der Waals surface area (Å²) in [7, 11) is 0. The van der Waals surface area contributed by atoms with Crippen molar-refractivity contribution < 1.29 is 19.1 Å². The van der Waals surface area contributed by atoms with Crippen LogP contribution < -0.4 is 20.1 Å². The Labute approximate surface area is 191 Å². The molecule has 32 heavy (non-hydrogen) atoms. The molecule has 0 bridgehead atoms. The van der Waals surface area contributed by atoms with E-state index in [-0.39, 0.29) is 24.5 Å². The lowest BCUT2D eigenvalue weighted by Gasteiger charge is -2.13. The molecule has 0 aliphatic rings. The molecule has 8 heteroatoms. The van der Waals surface area contributed by atoms with Crippen molar-refractivity contribution in [2.45, 2.75) is 33.2 Å². The van der Waals surface area contributed by atoms with E-state index in [1.807, 2.05) is 55.6 Å². The van der Waals surface area contributed by atoms with Crippen LogP contribution in [0.3, 0.4) is 0 Å². The number of anilines is 1. The van der Waals surface area contributed by atoms with E-state index < -0.39 is 0 Å². The fourth-order valence-corrected chi connectivity index (χ4v) is 3.69. The molecule has 1 atom stereocenters. The maximum Gasteiger partial charge on any atom is 0.264 e. The smallest absolute Gasteiger partial charge is 0.264 e. The highest BCUT2D eigenvalue weighted by atomic mass is 32.1. The molecule has 2 N–H and O–H groups in total. The summed E-state index contributed by atoms with van der Waals surface area (Å²) in [6.45, 7) is 6.04. The molecule has 2 aromatic carbocycles. The molecule has 3 aromatic rings. The Morgan fingerprint density at radius 1 is 1.03 bits per heavy atom. The second-order valence-electron chi connectivity index (χ2n) is 7.24. The number of hydrogen-bond acceptors (Lipinski definition) is 6. The van der Waals surface area contributed by atoms with Crippen LogP contribution in [-0.2, 0) is 9.59 Å². The second kappa shape index (κ2) is 11.3. The zero-order chi connectivity index (χ0) is 22.9. The standard InChI is InChI=1S/C24H27N3O4S/c1-4-13-30-20-9-11-21(12-10-20)31-14-23(29)27-24-26-22(15-32-24)19-7-5-18(6-8-19)16(2)25-17(3)28/h5-12,15-16H,4,13-14H2,1-3H3,(H,25,28)(H,26,27,29). The van der Waals surface area contributed by atoms with Gasteiger partial charge in [-0.1, -0.05) is 31.2 Å². The molecule has 0 radical (unpaired) electrons. The van der Waals surface area contributed by atoms with Gasteiger partial charge in [0, 0.05) is 17.9 Å². The Morgan fingerprint density at radius 3 is 2.31 bits per heavy atom. The summed E-state index contributed by atoms with van der Waals surface area (Å²) >= 11 is 1.35. The van der Waals surface area contributed by atoms with Crippen molar-refractivity contribution in [1.29, 1.82) is 0 Å². The van der Waals surface area contributed by atoms with Crippen LogP contribution in [0.1, 0.15) is 38.8 Å². The molecular formula is C24H27N3O4S. The molecule has 3 rings (SSSR count). The Kier molecular flexibility index (Phi) is 8.21. The van der Waals surface area contributed by atoms with Crippen molar-refractivity contribution in [3.05, 3.63) is 59.5 Å². The number of carbonyl (C=O) groups excluding carboxylic acids is 2. The highest BCUT2D eigenvalue weighted by molar-refractivity contribution is 7.14. The van der Waals surface area contributed by atoms with Gasteiger partial charge in [-0.25, -0.2) is 4.98 Å².